The summed E-state index contributed by atoms with van der Waals surface area (Å²) < 4.78 is 15.0. The van der Waals surface area contributed by atoms with Gasteiger partial charge in [0.15, 0.2) is 0 Å². The highest BCUT2D eigenvalue weighted by atomic mass is 19.1. The molecule has 1 N–H and O–H groups in total. The number of rotatable bonds is 6. The number of hydrogen-bond donors (Lipinski definition) is 1. The smallest absolute Gasteiger partial charge is 0.224 e. The Hall–Kier alpha value is -2.95. The second-order valence-corrected chi connectivity index (χ2v) is 6.77. The summed E-state index contributed by atoms with van der Waals surface area (Å²) in [6.45, 7) is 1.28. The van der Waals surface area contributed by atoms with Crippen LogP contribution < -0.4 is 5.32 Å². The van der Waals surface area contributed by atoms with Crippen LogP contribution in [-0.2, 0) is 17.9 Å². The summed E-state index contributed by atoms with van der Waals surface area (Å²) in [5.41, 5.74) is 3.29. The normalized spacial score (nSPS) is 18.5. The number of nitrogens with one attached hydrogen (secondary N) is 1. The maximum absolute atomic E-state index is 13.0. The highest BCUT2D eigenvalue weighted by Crippen LogP contribution is 2.47. The molecule has 1 aliphatic carbocycles. The zero-order valence-corrected chi connectivity index (χ0v) is 14.3. The fourth-order valence-corrected chi connectivity index (χ4v) is 3.31. The molecule has 26 heavy (non-hydrogen) atoms. The van der Waals surface area contributed by atoms with Crippen molar-refractivity contribution in [3.05, 3.63) is 89.8 Å². The van der Waals surface area contributed by atoms with Crippen LogP contribution in [0.3, 0.4) is 0 Å². The molecule has 1 amide bonds. The molecule has 0 aliphatic heterocycles. The largest absolute Gasteiger partial charge is 0.352 e. The first kappa shape index (κ1) is 16.5. The first-order valence-electron chi connectivity index (χ1n) is 8.76. The summed E-state index contributed by atoms with van der Waals surface area (Å²) in [7, 11) is 0. The van der Waals surface area contributed by atoms with Crippen molar-refractivity contribution in [1.29, 1.82) is 0 Å². The minimum atomic E-state index is -0.244. The Morgan fingerprint density at radius 1 is 1.19 bits per heavy atom. The van der Waals surface area contributed by atoms with Crippen LogP contribution in [0.5, 0.6) is 0 Å². The molecule has 4 rings (SSSR count). The second kappa shape index (κ2) is 7.12. The molecule has 0 unspecified atom stereocenters. The highest BCUT2D eigenvalue weighted by molar-refractivity contribution is 5.82. The summed E-state index contributed by atoms with van der Waals surface area (Å²) in [5, 5.41) is 3.03. The summed E-state index contributed by atoms with van der Waals surface area (Å²) in [6, 6.07) is 14.6. The number of carbonyl (C=O) groups excluding carboxylic acids is 1. The molecule has 0 saturated heterocycles. The summed E-state index contributed by atoms with van der Waals surface area (Å²) >= 11 is 0. The average molecular weight is 349 g/mol. The van der Waals surface area contributed by atoms with Gasteiger partial charge in [-0.25, -0.2) is 9.37 Å². The van der Waals surface area contributed by atoms with Gasteiger partial charge >= 0.3 is 0 Å². The van der Waals surface area contributed by atoms with Gasteiger partial charge in [0.25, 0.3) is 0 Å². The van der Waals surface area contributed by atoms with E-state index in [4.69, 9.17) is 0 Å². The molecule has 0 bridgehead atoms. The number of halogens is 1. The van der Waals surface area contributed by atoms with E-state index in [2.05, 4.69) is 22.4 Å². The molecule has 0 spiro atoms. The molecule has 1 heterocycles. The summed E-state index contributed by atoms with van der Waals surface area (Å²) in [4.78, 5) is 16.4. The first-order valence-corrected chi connectivity index (χ1v) is 8.76. The lowest BCUT2D eigenvalue weighted by Gasteiger charge is -2.08. The van der Waals surface area contributed by atoms with Crippen LogP contribution in [0.2, 0.25) is 0 Å². The molecule has 5 heteroatoms. The van der Waals surface area contributed by atoms with E-state index in [1.165, 1.54) is 17.7 Å². The zero-order chi connectivity index (χ0) is 17.9. The lowest BCUT2D eigenvalue weighted by Crippen LogP contribution is -2.24. The second-order valence-electron chi connectivity index (χ2n) is 6.77. The van der Waals surface area contributed by atoms with Gasteiger partial charge < -0.3 is 9.88 Å². The zero-order valence-electron chi connectivity index (χ0n) is 14.3. The van der Waals surface area contributed by atoms with Gasteiger partial charge in [-0.2, -0.15) is 0 Å². The Morgan fingerprint density at radius 3 is 2.77 bits per heavy atom. The lowest BCUT2D eigenvalue weighted by molar-refractivity contribution is -0.122. The third-order valence-electron chi connectivity index (χ3n) is 4.81. The molecule has 1 aromatic heterocycles. The molecular formula is C21H20FN3O. The Kier molecular flexibility index (Phi) is 4.52. The minimum absolute atomic E-state index is 0.00501. The van der Waals surface area contributed by atoms with Crippen molar-refractivity contribution >= 4 is 5.91 Å². The highest BCUT2D eigenvalue weighted by Gasteiger charge is 2.43. The molecule has 132 valence electrons. The molecule has 1 saturated carbocycles. The molecule has 0 radical (unpaired) electrons. The van der Waals surface area contributed by atoms with Crippen molar-refractivity contribution in [3.8, 4) is 0 Å². The average Bonchev–Trinajstić information content (AvgIpc) is 3.29. The number of aromatic nitrogens is 2. The van der Waals surface area contributed by atoms with E-state index < -0.39 is 0 Å². The third kappa shape index (κ3) is 3.82. The van der Waals surface area contributed by atoms with E-state index in [0.717, 1.165) is 24.1 Å². The monoisotopic (exact) mass is 349 g/mol. The van der Waals surface area contributed by atoms with E-state index in [0.29, 0.717) is 6.54 Å². The van der Waals surface area contributed by atoms with Gasteiger partial charge in [-0.3, -0.25) is 4.79 Å². The van der Waals surface area contributed by atoms with Gasteiger partial charge in [0.05, 0.1) is 6.33 Å². The number of nitrogens with zero attached hydrogens (tertiary/aromatic N) is 2. The van der Waals surface area contributed by atoms with Crippen molar-refractivity contribution in [2.45, 2.75) is 25.4 Å². The van der Waals surface area contributed by atoms with Crippen molar-refractivity contribution in [3.63, 3.8) is 0 Å². The van der Waals surface area contributed by atoms with Crippen LogP contribution >= 0.6 is 0 Å². The summed E-state index contributed by atoms with van der Waals surface area (Å²) in [6.07, 6.45) is 6.31. The van der Waals surface area contributed by atoms with Crippen molar-refractivity contribution in [1.82, 2.24) is 14.9 Å². The van der Waals surface area contributed by atoms with Crippen molar-refractivity contribution in [2.75, 3.05) is 0 Å². The Morgan fingerprint density at radius 2 is 2.00 bits per heavy atom. The van der Waals surface area contributed by atoms with Crippen LogP contribution in [0, 0.1) is 11.7 Å². The predicted octanol–water partition coefficient (Wildman–Crippen LogP) is 3.49. The van der Waals surface area contributed by atoms with Gasteiger partial charge in [-0.15, -0.1) is 0 Å². The Balaban J connectivity index is 1.31. The maximum Gasteiger partial charge on any atom is 0.224 e. The fourth-order valence-electron chi connectivity index (χ4n) is 3.31. The Bertz CT molecular complexity index is 890. The predicted molar refractivity (Wildman–Crippen MR) is 96.9 cm³/mol. The Labute approximate surface area is 151 Å². The van der Waals surface area contributed by atoms with Gasteiger partial charge in [0.1, 0.15) is 5.82 Å². The van der Waals surface area contributed by atoms with Crippen LogP contribution in [0.1, 0.15) is 29.0 Å². The van der Waals surface area contributed by atoms with Gasteiger partial charge in [0.2, 0.25) is 5.91 Å². The lowest BCUT2D eigenvalue weighted by atomic mass is 10.1. The molecule has 1 aliphatic rings. The number of imidazole rings is 1. The molecule has 4 nitrogen and oxygen atoms in total. The van der Waals surface area contributed by atoms with Crippen molar-refractivity contribution < 1.29 is 9.18 Å². The molecule has 2 atom stereocenters. The molecule has 3 aromatic rings. The van der Waals surface area contributed by atoms with E-state index in [9.17, 15) is 9.18 Å². The number of hydrogen-bond acceptors (Lipinski definition) is 2. The molecular weight excluding hydrogens is 329 g/mol. The molecule has 1 fully saturated rings. The van der Waals surface area contributed by atoms with Gasteiger partial charge in [-0.05, 0) is 41.2 Å². The van der Waals surface area contributed by atoms with E-state index in [1.54, 1.807) is 24.7 Å². The quantitative estimate of drug-likeness (QED) is 0.740. The molecule has 2 aromatic carbocycles. The van der Waals surface area contributed by atoms with Gasteiger partial charge in [0, 0.05) is 31.4 Å². The van der Waals surface area contributed by atoms with E-state index in [1.807, 2.05) is 22.9 Å². The van der Waals surface area contributed by atoms with Crippen LogP contribution in [0.25, 0.3) is 0 Å². The third-order valence-corrected chi connectivity index (χ3v) is 4.81. The maximum atomic E-state index is 13.0. The number of carbonyl (C=O) groups is 1. The minimum Gasteiger partial charge on any atom is -0.352 e. The fraction of sp³-hybridized carbons (Fsp3) is 0.238. The van der Waals surface area contributed by atoms with Crippen molar-refractivity contribution in [2.24, 2.45) is 5.92 Å². The standard InChI is InChI=1S/C21H20FN3O/c22-18-6-4-17(5-7-18)19-11-20(19)21(26)24-12-15-2-1-3-16(10-15)13-25-9-8-23-14-25/h1-10,14,19-20H,11-13H2,(H,24,26)/t19-,20+/m0/s1. The van der Waals surface area contributed by atoms with Crippen LogP contribution in [0.15, 0.2) is 67.3 Å². The summed E-state index contributed by atoms with van der Waals surface area (Å²) in [5.74, 6) is 0.0306. The number of benzene rings is 2. The van der Waals surface area contributed by atoms with E-state index in [-0.39, 0.29) is 23.6 Å². The van der Waals surface area contributed by atoms with Crippen LogP contribution in [-0.4, -0.2) is 15.5 Å². The van der Waals surface area contributed by atoms with Gasteiger partial charge in [-0.1, -0.05) is 36.4 Å². The van der Waals surface area contributed by atoms with E-state index >= 15 is 0 Å². The SMILES string of the molecule is O=C(NCc1cccc(Cn2ccnc2)c1)[C@@H]1C[C@H]1c1ccc(F)cc1. The topological polar surface area (TPSA) is 46.9 Å². The first-order chi connectivity index (χ1) is 12.7. The van der Waals surface area contributed by atoms with Crippen LogP contribution in [0.4, 0.5) is 4.39 Å². The number of amides is 1.